The summed E-state index contributed by atoms with van der Waals surface area (Å²) in [6.07, 6.45) is 2.32. The predicted octanol–water partition coefficient (Wildman–Crippen LogP) is 2.12. The lowest BCUT2D eigenvalue weighted by molar-refractivity contribution is -0.145. The Kier molecular flexibility index (Phi) is 6.85. The van der Waals surface area contributed by atoms with Gasteiger partial charge in [0.1, 0.15) is 24.5 Å². The SMILES string of the molecule is O=C1CCC[C@H]([C@@H](NC(=O)[C@H]2CCCN2C(=O)OCc2ccccc2)C(=O)O)C1. The van der Waals surface area contributed by atoms with Gasteiger partial charge in [-0.15, -0.1) is 0 Å². The Labute approximate surface area is 169 Å². The van der Waals surface area contributed by atoms with Crippen LogP contribution >= 0.6 is 0 Å². The molecule has 8 heteroatoms. The lowest BCUT2D eigenvalue weighted by atomic mass is 9.83. The zero-order valence-corrected chi connectivity index (χ0v) is 16.2. The highest BCUT2D eigenvalue weighted by atomic mass is 16.6. The summed E-state index contributed by atoms with van der Waals surface area (Å²) in [7, 11) is 0. The third-order valence-electron chi connectivity index (χ3n) is 5.55. The van der Waals surface area contributed by atoms with E-state index in [4.69, 9.17) is 4.74 Å². The first-order valence-corrected chi connectivity index (χ1v) is 9.98. The lowest BCUT2D eigenvalue weighted by Gasteiger charge is -2.30. The second kappa shape index (κ2) is 9.54. The standard InChI is InChI=1S/C21H26N2O6/c24-16-9-4-8-15(12-16)18(20(26)27)22-19(25)17-10-5-11-23(17)21(28)29-13-14-6-2-1-3-7-14/h1-3,6-7,15,17-18H,4-5,8-13H2,(H,22,25)(H,26,27)/t15-,17+,18+/m0/s1. The smallest absolute Gasteiger partial charge is 0.410 e. The van der Waals surface area contributed by atoms with E-state index in [1.807, 2.05) is 30.3 Å². The van der Waals surface area contributed by atoms with Crippen molar-refractivity contribution < 1.29 is 29.0 Å². The molecule has 2 aliphatic rings. The van der Waals surface area contributed by atoms with Crippen molar-refractivity contribution in [1.29, 1.82) is 0 Å². The number of Topliss-reactive ketones (excluding diaryl/α,β-unsaturated/α-hetero) is 1. The third kappa shape index (κ3) is 5.34. The van der Waals surface area contributed by atoms with E-state index < -0.39 is 36.0 Å². The van der Waals surface area contributed by atoms with Crippen molar-refractivity contribution in [2.45, 2.75) is 57.2 Å². The molecule has 0 radical (unpaired) electrons. The van der Waals surface area contributed by atoms with Gasteiger partial charge < -0.3 is 15.2 Å². The van der Waals surface area contributed by atoms with Crippen LogP contribution in [0.15, 0.2) is 30.3 Å². The van der Waals surface area contributed by atoms with Crippen molar-refractivity contribution in [1.82, 2.24) is 10.2 Å². The Morgan fingerprint density at radius 3 is 2.62 bits per heavy atom. The van der Waals surface area contributed by atoms with Crippen molar-refractivity contribution in [3.63, 3.8) is 0 Å². The molecule has 1 aliphatic carbocycles. The number of carboxylic acid groups (broad SMARTS) is 1. The highest BCUT2D eigenvalue weighted by Gasteiger charge is 2.39. The van der Waals surface area contributed by atoms with Crippen molar-refractivity contribution in [2.75, 3.05) is 6.54 Å². The van der Waals surface area contributed by atoms with Crippen LogP contribution in [0.5, 0.6) is 0 Å². The van der Waals surface area contributed by atoms with Gasteiger partial charge in [0.05, 0.1) is 0 Å². The molecule has 0 unspecified atom stereocenters. The van der Waals surface area contributed by atoms with Gasteiger partial charge in [-0.1, -0.05) is 30.3 Å². The van der Waals surface area contributed by atoms with Crippen LogP contribution in [0, 0.1) is 5.92 Å². The van der Waals surface area contributed by atoms with Crippen molar-refractivity contribution in [3.05, 3.63) is 35.9 Å². The Morgan fingerprint density at radius 1 is 1.17 bits per heavy atom. The second-order valence-electron chi connectivity index (χ2n) is 7.61. The summed E-state index contributed by atoms with van der Waals surface area (Å²) in [5, 5.41) is 12.1. The molecule has 2 N–H and O–H groups in total. The van der Waals surface area contributed by atoms with Crippen LogP contribution in [-0.4, -0.2) is 52.4 Å². The van der Waals surface area contributed by atoms with E-state index in [0.29, 0.717) is 38.6 Å². The van der Waals surface area contributed by atoms with E-state index >= 15 is 0 Å². The van der Waals surface area contributed by atoms with Crippen LogP contribution in [0.25, 0.3) is 0 Å². The molecule has 0 aromatic heterocycles. The van der Waals surface area contributed by atoms with E-state index in [1.165, 1.54) is 4.90 Å². The molecule has 1 aromatic carbocycles. The first-order valence-electron chi connectivity index (χ1n) is 9.98. The number of benzene rings is 1. The van der Waals surface area contributed by atoms with Crippen LogP contribution < -0.4 is 5.32 Å². The van der Waals surface area contributed by atoms with Gasteiger partial charge in [0.25, 0.3) is 0 Å². The zero-order chi connectivity index (χ0) is 20.8. The highest BCUT2D eigenvalue weighted by molar-refractivity contribution is 5.90. The van der Waals surface area contributed by atoms with E-state index in [0.717, 1.165) is 5.56 Å². The number of aliphatic carboxylic acids is 1. The Balaban J connectivity index is 1.60. The van der Waals surface area contributed by atoms with Gasteiger partial charge in [-0.25, -0.2) is 9.59 Å². The molecule has 1 saturated heterocycles. The summed E-state index contributed by atoms with van der Waals surface area (Å²) < 4.78 is 5.32. The molecule has 3 atom stereocenters. The molecule has 0 bridgehead atoms. The van der Waals surface area contributed by atoms with Gasteiger partial charge in [-0.3, -0.25) is 14.5 Å². The molecular formula is C21H26N2O6. The summed E-state index contributed by atoms with van der Waals surface area (Å²) in [5.41, 5.74) is 0.842. The van der Waals surface area contributed by atoms with E-state index in [1.54, 1.807) is 0 Å². The summed E-state index contributed by atoms with van der Waals surface area (Å²) in [5.74, 6) is -2.06. The molecule has 29 heavy (non-hydrogen) atoms. The van der Waals surface area contributed by atoms with Crippen molar-refractivity contribution in [2.24, 2.45) is 5.92 Å². The molecule has 1 saturated carbocycles. The maximum absolute atomic E-state index is 12.8. The molecule has 1 heterocycles. The van der Waals surface area contributed by atoms with Gasteiger partial charge in [0.15, 0.2) is 0 Å². The summed E-state index contributed by atoms with van der Waals surface area (Å²) in [6.45, 7) is 0.484. The minimum absolute atomic E-state index is 0.0220. The quantitative estimate of drug-likeness (QED) is 0.754. The van der Waals surface area contributed by atoms with Crippen LogP contribution in [0.2, 0.25) is 0 Å². The molecule has 8 nitrogen and oxygen atoms in total. The molecule has 3 rings (SSSR count). The number of carbonyl (C=O) groups is 4. The van der Waals surface area contributed by atoms with Crippen molar-refractivity contribution in [3.8, 4) is 0 Å². The van der Waals surface area contributed by atoms with Crippen LogP contribution in [-0.2, 0) is 25.7 Å². The van der Waals surface area contributed by atoms with E-state index in [2.05, 4.69) is 5.32 Å². The number of carbonyl (C=O) groups excluding carboxylic acids is 3. The van der Waals surface area contributed by atoms with Crippen molar-refractivity contribution >= 4 is 23.8 Å². The topological polar surface area (TPSA) is 113 Å². The third-order valence-corrected chi connectivity index (χ3v) is 5.55. The molecule has 2 amide bonds. The molecule has 1 aromatic rings. The normalized spacial score (nSPS) is 22.8. The van der Waals surface area contributed by atoms with E-state index in [-0.39, 0.29) is 18.8 Å². The molecule has 156 valence electrons. The minimum atomic E-state index is -1.16. The first-order chi connectivity index (χ1) is 14.0. The minimum Gasteiger partial charge on any atom is -0.480 e. The first kappa shape index (κ1) is 20.8. The summed E-state index contributed by atoms with van der Waals surface area (Å²) in [6, 6.07) is 7.34. The van der Waals surface area contributed by atoms with Gasteiger partial charge in [-0.2, -0.15) is 0 Å². The van der Waals surface area contributed by atoms with E-state index in [9.17, 15) is 24.3 Å². The number of hydrogen-bond donors (Lipinski definition) is 2. The number of nitrogens with one attached hydrogen (secondary N) is 1. The highest BCUT2D eigenvalue weighted by Crippen LogP contribution is 2.26. The fourth-order valence-corrected chi connectivity index (χ4v) is 4.03. The lowest BCUT2D eigenvalue weighted by Crippen LogP contribution is -2.53. The number of amides is 2. The summed E-state index contributed by atoms with van der Waals surface area (Å²) >= 11 is 0. The predicted molar refractivity (Wildman–Crippen MR) is 103 cm³/mol. The van der Waals surface area contributed by atoms with Gasteiger partial charge in [0.2, 0.25) is 5.91 Å². The average molecular weight is 402 g/mol. The molecular weight excluding hydrogens is 376 g/mol. The number of carboxylic acids is 1. The maximum Gasteiger partial charge on any atom is 0.410 e. The monoisotopic (exact) mass is 402 g/mol. The number of hydrogen-bond acceptors (Lipinski definition) is 5. The fourth-order valence-electron chi connectivity index (χ4n) is 4.03. The number of nitrogens with zero attached hydrogens (tertiary/aromatic N) is 1. The zero-order valence-electron chi connectivity index (χ0n) is 16.2. The largest absolute Gasteiger partial charge is 0.480 e. The number of rotatable bonds is 6. The van der Waals surface area contributed by atoms with Crippen LogP contribution in [0.1, 0.15) is 44.1 Å². The number of likely N-dealkylation sites (tertiary alicyclic amines) is 1. The maximum atomic E-state index is 12.8. The Bertz CT molecular complexity index is 766. The molecule has 2 fully saturated rings. The number of ketones is 1. The molecule has 1 aliphatic heterocycles. The second-order valence-corrected chi connectivity index (χ2v) is 7.61. The number of ether oxygens (including phenoxy) is 1. The van der Waals surface area contributed by atoms with Crippen LogP contribution in [0.3, 0.4) is 0 Å². The fraction of sp³-hybridized carbons (Fsp3) is 0.524. The summed E-state index contributed by atoms with van der Waals surface area (Å²) in [4.78, 5) is 50.0. The Hall–Kier alpha value is -2.90. The Morgan fingerprint density at radius 2 is 1.93 bits per heavy atom. The van der Waals surface area contributed by atoms with Gasteiger partial charge >= 0.3 is 12.1 Å². The van der Waals surface area contributed by atoms with Crippen LogP contribution in [0.4, 0.5) is 4.79 Å². The molecule has 0 spiro atoms. The van der Waals surface area contributed by atoms with Gasteiger partial charge in [-0.05, 0) is 37.2 Å². The van der Waals surface area contributed by atoms with Gasteiger partial charge in [0, 0.05) is 19.4 Å². The average Bonchev–Trinajstić information content (AvgIpc) is 3.21.